The molecule has 0 amide bonds. The van der Waals surface area contributed by atoms with Crippen molar-refractivity contribution in [1.29, 1.82) is 0 Å². The SMILES string of the molecule is CNc1cnc(CN2CCC(C(C)O)C2)cn1. The topological polar surface area (TPSA) is 61.3 Å². The van der Waals surface area contributed by atoms with Gasteiger partial charge in [-0.1, -0.05) is 0 Å². The van der Waals surface area contributed by atoms with E-state index in [1.54, 1.807) is 6.20 Å². The lowest BCUT2D eigenvalue weighted by atomic mass is 10.0. The van der Waals surface area contributed by atoms with Crippen LogP contribution in [0.25, 0.3) is 0 Å². The Balaban J connectivity index is 1.89. The highest BCUT2D eigenvalue weighted by Crippen LogP contribution is 2.20. The fraction of sp³-hybridized carbons (Fsp3) is 0.667. The second-order valence-corrected chi connectivity index (χ2v) is 4.67. The number of nitrogens with zero attached hydrogens (tertiary/aromatic N) is 3. The van der Waals surface area contributed by atoms with Gasteiger partial charge in [-0.05, 0) is 25.8 Å². The van der Waals surface area contributed by atoms with Crippen molar-refractivity contribution < 1.29 is 5.11 Å². The van der Waals surface area contributed by atoms with E-state index in [4.69, 9.17) is 0 Å². The highest BCUT2D eigenvalue weighted by molar-refractivity contribution is 5.29. The number of likely N-dealkylation sites (tertiary alicyclic amines) is 1. The number of aromatic nitrogens is 2. The molecule has 0 radical (unpaired) electrons. The Morgan fingerprint density at radius 3 is 2.88 bits per heavy atom. The molecule has 0 bridgehead atoms. The number of hydrogen-bond donors (Lipinski definition) is 2. The minimum absolute atomic E-state index is 0.210. The molecule has 17 heavy (non-hydrogen) atoms. The van der Waals surface area contributed by atoms with E-state index in [1.165, 1.54) is 0 Å². The van der Waals surface area contributed by atoms with Crippen LogP contribution >= 0.6 is 0 Å². The normalized spacial score (nSPS) is 22.6. The molecular formula is C12H20N4O. The maximum Gasteiger partial charge on any atom is 0.144 e. The number of aliphatic hydroxyl groups is 1. The van der Waals surface area contributed by atoms with Crippen molar-refractivity contribution in [2.24, 2.45) is 5.92 Å². The highest BCUT2D eigenvalue weighted by Gasteiger charge is 2.25. The van der Waals surface area contributed by atoms with Gasteiger partial charge >= 0.3 is 0 Å². The Kier molecular flexibility index (Phi) is 3.91. The van der Waals surface area contributed by atoms with Crippen LogP contribution in [0.5, 0.6) is 0 Å². The highest BCUT2D eigenvalue weighted by atomic mass is 16.3. The number of rotatable bonds is 4. The summed E-state index contributed by atoms with van der Waals surface area (Å²) in [5.74, 6) is 1.19. The second kappa shape index (κ2) is 5.42. The maximum atomic E-state index is 9.54. The first-order chi connectivity index (χ1) is 8.19. The van der Waals surface area contributed by atoms with Crippen LogP contribution in [0.15, 0.2) is 12.4 Å². The van der Waals surface area contributed by atoms with Gasteiger partial charge in [-0.3, -0.25) is 9.88 Å². The molecule has 0 aliphatic carbocycles. The average molecular weight is 236 g/mol. The molecule has 2 heterocycles. The van der Waals surface area contributed by atoms with Crippen molar-refractivity contribution in [3.05, 3.63) is 18.1 Å². The predicted molar refractivity (Wildman–Crippen MR) is 66.6 cm³/mol. The quantitative estimate of drug-likeness (QED) is 0.806. The summed E-state index contributed by atoms with van der Waals surface area (Å²) in [6, 6.07) is 0. The van der Waals surface area contributed by atoms with E-state index in [9.17, 15) is 5.11 Å². The summed E-state index contributed by atoms with van der Waals surface area (Å²) in [5.41, 5.74) is 0.982. The summed E-state index contributed by atoms with van der Waals surface area (Å²) in [6.45, 7) is 4.67. The van der Waals surface area contributed by atoms with Gasteiger partial charge in [-0.15, -0.1) is 0 Å². The molecule has 2 atom stereocenters. The zero-order valence-corrected chi connectivity index (χ0v) is 10.4. The Bertz CT molecular complexity index is 352. The third kappa shape index (κ3) is 3.14. The van der Waals surface area contributed by atoms with Crippen molar-refractivity contribution in [3.63, 3.8) is 0 Å². The first-order valence-electron chi connectivity index (χ1n) is 6.08. The third-order valence-corrected chi connectivity index (χ3v) is 3.34. The average Bonchev–Trinajstić information content (AvgIpc) is 2.79. The van der Waals surface area contributed by atoms with Crippen molar-refractivity contribution in [1.82, 2.24) is 14.9 Å². The Morgan fingerprint density at radius 2 is 2.35 bits per heavy atom. The summed E-state index contributed by atoms with van der Waals surface area (Å²) >= 11 is 0. The number of anilines is 1. The van der Waals surface area contributed by atoms with Crippen LogP contribution in [0.2, 0.25) is 0 Å². The molecule has 1 fully saturated rings. The summed E-state index contributed by atoms with van der Waals surface area (Å²) in [4.78, 5) is 10.9. The monoisotopic (exact) mass is 236 g/mol. The van der Waals surface area contributed by atoms with Crippen LogP contribution in [0, 0.1) is 5.92 Å². The summed E-state index contributed by atoms with van der Waals surface area (Å²) in [5, 5.41) is 12.5. The molecule has 94 valence electrons. The van der Waals surface area contributed by atoms with E-state index < -0.39 is 0 Å². The number of hydrogen-bond acceptors (Lipinski definition) is 5. The molecule has 2 N–H and O–H groups in total. The van der Waals surface area contributed by atoms with Gasteiger partial charge in [0.25, 0.3) is 0 Å². The van der Waals surface area contributed by atoms with Gasteiger partial charge in [0, 0.05) is 20.1 Å². The van der Waals surface area contributed by atoms with Crippen molar-refractivity contribution in [3.8, 4) is 0 Å². The smallest absolute Gasteiger partial charge is 0.144 e. The van der Waals surface area contributed by atoms with Crippen molar-refractivity contribution >= 4 is 5.82 Å². The molecule has 0 spiro atoms. The zero-order chi connectivity index (χ0) is 12.3. The van der Waals surface area contributed by atoms with Crippen LogP contribution in [0.1, 0.15) is 19.0 Å². The molecule has 0 saturated carbocycles. The fourth-order valence-electron chi connectivity index (χ4n) is 2.19. The van der Waals surface area contributed by atoms with Gasteiger partial charge in [0.2, 0.25) is 0 Å². The van der Waals surface area contributed by atoms with Crippen LogP contribution in [0.3, 0.4) is 0 Å². The molecular weight excluding hydrogens is 216 g/mol. The van der Waals surface area contributed by atoms with E-state index in [2.05, 4.69) is 20.2 Å². The number of nitrogens with one attached hydrogen (secondary N) is 1. The van der Waals surface area contributed by atoms with Crippen molar-refractivity contribution in [2.45, 2.75) is 26.0 Å². The summed E-state index contributed by atoms with van der Waals surface area (Å²) in [6.07, 6.45) is 4.41. The summed E-state index contributed by atoms with van der Waals surface area (Å²) in [7, 11) is 1.83. The molecule has 5 nitrogen and oxygen atoms in total. The van der Waals surface area contributed by atoms with E-state index in [0.29, 0.717) is 5.92 Å². The minimum atomic E-state index is -0.210. The van der Waals surface area contributed by atoms with Crippen LogP contribution in [-0.2, 0) is 6.54 Å². The lowest BCUT2D eigenvalue weighted by Gasteiger charge is -2.16. The first-order valence-corrected chi connectivity index (χ1v) is 6.08. The van der Waals surface area contributed by atoms with Gasteiger partial charge in [0.05, 0.1) is 24.2 Å². The Labute approximate surface area is 102 Å². The maximum absolute atomic E-state index is 9.54. The van der Waals surface area contributed by atoms with E-state index >= 15 is 0 Å². The molecule has 5 heteroatoms. The van der Waals surface area contributed by atoms with Gasteiger partial charge < -0.3 is 10.4 Å². The third-order valence-electron chi connectivity index (χ3n) is 3.34. The summed E-state index contributed by atoms with van der Waals surface area (Å²) < 4.78 is 0. The van der Waals surface area contributed by atoms with Crippen LogP contribution in [0.4, 0.5) is 5.82 Å². The van der Waals surface area contributed by atoms with Crippen molar-refractivity contribution in [2.75, 3.05) is 25.5 Å². The predicted octanol–water partition coefficient (Wildman–Crippen LogP) is 0.721. The molecule has 1 saturated heterocycles. The molecule has 1 aliphatic rings. The van der Waals surface area contributed by atoms with Gasteiger partial charge in [0.15, 0.2) is 0 Å². The molecule has 1 aromatic heterocycles. The van der Waals surface area contributed by atoms with Gasteiger partial charge in [0.1, 0.15) is 5.82 Å². The Morgan fingerprint density at radius 1 is 1.53 bits per heavy atom. The van der Waals surface area contributed by atoms with E-state index in [0.717, 1.165) is 37.6 Å². The lowest BCUT2D eigenvalue weighted by Crippen LogP contribution is -2.24. The second-order valence-electron chi connectivity index (χ2n) is 4.67. The Hall–Kier alpha value is -1.20. The zero-order valence-electron chi connectivity index (χ0n) is 10.4. The van der Waals surface area contributed by atoms with Gasteiger partial charge in [-0.2, -0.15) is 0 Å². The van der Waals surface area contributed by atoms with E-state index in [1.807, 2.05) is 20.2 Å². The molecule has 0 aromatic carbocycles. The van der Waals surface area contributed by atoms with Crippen LogP contribution in [-0.4, -0.2) is 46.2 Å². The number of aliphatic hydroxyl groups excluding tert-OH is 1. The first kappa shape index (κ1) is 12.3. The molecule has 1 aliphatic heterocycles. The standard InChI is InChI=1S/C12H20N4O/c1-9(17)10-3-4-16(7-10)8-11-5-15-12(13-2)6-14-11/h5-6,9-10,17H,3-4,7-8H2,1-2H3,(H,13,15). The lowest BCUT2D eigenvalue weighted by molar-refractivity contribution is 0.127. The van der Waals surface area contributed by atoms with Gasteiger partial charge in [-0.25, -0.2) is 4.98 Å². The largest absolute Gasteiger partial charge is 0.393 e. The van der Waals surface area contributed by atoms with E-state index in [-0.39, 0.29) is 6.10 Å². The molecule has 2 unspecified atom stereocenters. The minimum Gasteiger partial charge on any atom is -0.393 e. The molecule has 2 rings (SSSR count). The fourth-order valence-corrected chi connectivity index (χ4v) is 2.19. The molecule has 1 aromatic rings. The van der Waals surface area contributed by atoms with Crippen LogP contribution < -0.4 is 5.32 Å².